The molecule has 25 heavy (non-hydrogen) atoms. The van der Waals surface area contributed by atoms with Gasteiger partial charge < -0.3 is 20.4 Å². The van der Waals surface area contributed by atoms with Gasteiger partial charge in [0.2, 0.25) is 0 Å². The van der Waals surface area contributed by atoms with Gasteiger partial charge >= 0.3 is 0 Å². The molecule has 0 radical (unpaired) electrons. The highest BCUT2D eigenvalue weighted by Gasteiger charge is 2.07. The van der Waals surface area contributed by atoms with Crippen molar-refractivity contribution in [3.05, 3.63) is 59.5 Å². The largest absolute Gasteiger partial charge is 0.467 e. The summed E-state index contributed by atoms with van der Waals surface area (Å²) in [5, 5.41) is 9.29. The number of furan rings is 1. The minimum Gasteiger partial charge on any atom is -0.467 e. The highest BCUT2D eigenvalue weighted by atomic mass is 127. The fraction of sp³-hybridized carbons (Fsp3) is 0.333. The number of halogens is 1. The van der Waals surface area contributed by atoms with Crippen molar-refractivity contribution in [2.24, 2.45) is 4.99 Å². The molecule has 6 nitrogen and oxygen atoms in total. The van der Waals surface area contributed by atoms with Gasteiger partial charge in [0.1, 0.15) is 5.76 Å². The topological polar surface area (TPSA) is 78.7 Å². The van der Waals surface area contributed by atoms with Crippen molar-refractivity contribution < 1.29 is 9.21 Å². The Kier molecular flexibility index (Phi) is 9.04. The molecule has 0 spiro atoms. The van der Waals surface area contributed by atoms with Crippen LogP contribution in [0, 0.1) is 0 Å². The van der Waals surface area contributed by atoms with Crippen LogP contribution in [0.15, 0.2) is 52.1 Å². The van der Waals surface area contributed by atoms with E-state index >= 15 is 0 Å². The van der Waals surface area contributed by atoms with Crippen LogP contribution in [0.5, 0.6) is 0 Å². The third-order valence-electron chi connectivity index (χ3n) is 3.30. The average molecular weight is 456 g/mol. The second kappa shape index (κ2) is 10.8. The molecule has 0 unspecified atom stereocenters. The number of nitrogens with one attached hydrogen (secondary N) is 3. The van der Waals surface area contributed by atoms with E-state index in [2.05, 4.69) is 34.8 Å². The number of benzene rings is 1. The van der Waals surface area contributed by atoms with E-state index in [1.165, 1.54) is 0 Å². The molecule has 7 heteroatoms. The van der Waals surface area contributed by atoms with Gasteiger partial charge in [0.25, 0.3) is 5.91 Å². The summed E-state index contributed by atoms with van der Waals surface area (Å²) < 4.78 is 5.21. The Hall–Kier alpha value is -2.03. The summed E-state index contributed by atoms with van der Waals surface area (Å²) >= 11 is 0. The van der Waals surface area contributed by atoms with Gasteiger partial charge in [-0.1, -0.05) is 12.1 Å². The number of carbonyl (C=O) groups excluding carboxylic acids is 1. The SMILES string of the molecule is CN=C(NCc1cccc(C(=O)NCc2ccco2)c1)NC(C)C.I. The van der Waals surface area contributed by atoms with E-state index in [1.807, 2.05) is 24.3 Å². The lowest BCUT2D eigenvalue weighted by Crippen LogP contribution is -2.40. The lowest BCUT2D eigenvalue weighted by atomic mass is 10.1. The lowest BCUT2D eigenvalue weighted by Gasteiger charge is -2.14. The van der Waals surface area contributed by atoms with Gasteiger partial charge in [-0.3, -0.25) is 9.79 Å². The van der Waals surface area contributed by atoms with Crippen molar-refractivity contribution in [1.29, 1.82) is 0 Å². The monoisotopic (exact) mass is 456 g/mol. The van der Waals surface area contributed by atoms with Gasteiger partial charge in [0.05, 0.1) is 12.8 Å². The molecule has 2 rings (SSSR count). The van der Waals surface area contributed by atoms with Crippen LogP contribution in [0.3, 0.4) is 0 Å². The molecule has 1 heterocycles. The first kappa shape index (κ1) is 21.0. The smallest absolute Gasteiger partial charge is 0.251 e. The summed E-state index contributed by atoms with van der Waals surface area (Å²) in [4.78, 5) is 16.4. The minimum atomic E-state index is -0.127. The molecule has 0 saturated carbocycles. The Balaban J connectivity index is 0.00000312. The summed E-state index contributed by atoms with van der Waals surface area (Å²) in [5.74, 6) is 1.33. The fourth-order valence-corrected chi connectivity index (χ4v) is 2.16. The number of nitrogens with zero attached hydrogens (tertiary/aromatic N) is 1. The van der Waals surface area contributed by atoms with Crippen molar-refractivity contribution >= 4 is 35.8 Å². The maximum atomic E-state index is 12.2. The Morgan fingerprint density at radius 2 is 1.96 bits per heavy atom. The van der Waals surface area contributed by atoms with Crippen molar-refractivity contribution in [3.8, 4) is 0 Å². The van der Waals surface area contributed by atoms with E-state index in [9.17, 15) is 4.79 Å². The van der Waals surface area contributed by atoms with E-state index < -0.39 is 0 Å². The first-order valence-electron chi connectivity index (χ1n) is 7.95. The van der Waals surface area contributed by atoms with E-state index in [-0.39, 0.29) is 29.9 Å². The number of amides is 1. The molecule has 0 bridgehead atoms. The molecule has 1 aromatic carbocycles. The van der Waals surface area contributed by atoms with Crippen LogP contribution in [0.1, 0.15) is 35.5 Å². The summed E-state index contributed by atoms with van der Waals surface area (Å²) in [6.45, 7) is 5.07. The molecule has 136 valence electrons. The second-order valence-electron chi connectivity index (χ2n) is 5.69. The summed E-state index contributed by atoms with van der Waals surface area (Å²) in [6, 6.07) is 11.4. The van der Waals surface area contributed by atoms with Gasteiger partial charge in [-0.15, -0.1) is 24.0 Å². The van der Waals surface area contributed by atoms with Crippen LogP contribution < -0.4 is 16.0 Å². The number of aliphatic imine (C=N–C) groups is 1. The highest BCUT2D eigenvalue weighted by Crippen LogP contribution is 2.06. The summed E-state index contributed by atoms with van der Waals surface area (Å²) in [7, 11) is 1.73. The van der Waals surface area contributed by atoms with Crippen LogP contribution in [0.25, 0.3) is 0 Å². The number of guanidine groups is 1. The van der Waals surface area contributed by atoms with Gasteiger partial charge in [-0.25, -0.2) is 0 Å². The van der Waals surface area contributed by atoms with Crippen molar-refractivity contribution in [2.45, 2.75) is 33.0 Å². The fourth-order valence-electron chi connectivity index (χ4n) is 2.16. The van der Waals surface area contributed by atoms with Gasteiger partial charge in [0, 0.05) is 25.2 Å². The van der Waals surface area contributed by atoms with Crippen molar-refractivity contribution in [3.63, 3.8) is 0 Å². The van der Waals surface area contributed by atoms with E-state index in [0.717, 1.165) is 17.3 Å². The molecular formula is C18H25IN4O2. The molecular weight excluding hydrogens is 431 g/mol. The zero-order valence-electron chi connectivity index (χ0n) is 14.7. The summed E-state index contributed by atoms with van der Waals surface area (Å²) in [5.41, 5.74) is 1.63. The van der Waals surface area contributed by atoms with Crippen molar-refractivity contribution in [1.82, 2.24) is 16.0 Å². The van der Waals surface area contributed by atoms with Gasteiger partial charge in [-0.2, -0.15) is 0 Å². The molecule has 0 atom stereocenters. The van der Waals surface area contributed by atoms with E-state index in [4.69, 9.17) is 4.42 Å². The number of hydrogen-bond acceptors (Lipinski definition) is 3. The molecule has 0 aliphatic heterocycles. The molecule has 0 saturated heterocycles. The summed E-state index contributed by atoms with van der Waals surface area (Å²) in [6.07, 6.45) is 1.59. The number of rotatable bonds is 6. The zero-order valence-corrected chi connectivity index (χ0v) is 17.0. The zero-order chi connectivity index (χ0) is 17.4. The first-order valence-corrected chi connectivity index (χ1v) is 7.95. The normalized spacial score (nSPS) is 11.0. The number of carbonyl (C=O) groups is 1. The minimum absolute atomic E-state index is 0. The van der Waals surface area contributed by atoms with Gasteiger partial charge in [-0.05, 0) is 43.7 Å². The average Bonchev–Trinajstić information content (AvgIpc) is 3.10. The highest BCUT2D eigenvalue weighted by molar-refractivity contribution is 14.0. The molecule has 3 N–H and O–H groups in total. The van der Waals surface area contributed by atoms with Crippen LogP contribution in [0.4, 0.5) is 0 Å². The predicted octanol–water partition coefficient (Wildman–Crippen LogP) is 2.90. The Morgan fingerprint density at radius 3 is 2.60 bits per heavy atom. The third kappa shape index (κ3) is 7.16. The Morgan fingerprint density at radius 1 is 1.16 bits per heavy atom. The predicted molar refractivity (Wildman–Crippen MR) is 110 cm³/mol. The Labute approximate surface area is 165 Å². The van der Waals surface area contributed by atoms with Crippen LogP contribution in [-0.4, -0.2) is 25.0 Å². The quantitative estimate of drug-likeness (QED) is 0.355. The van der Waals surface area contributed by atoms with Crippen LogP contribution in [0.2, 0.25) is 0 Å². The second-order valence-corrected chi connectivity index (χ2v) is 5.69. The molecule has 1 aromatic heterocycles. The molecule has 1 amide bonds. The molecule has 0 aliphatic carbocycles. The molecule has 0 fully saturated rings. The maximum absolute atomic E-state index is 12.2. The standard InChI is InChI=1S/C18H24N4O2.HI/c1-13(2)22-18(19-3)21-11-14-6-4-7-15(10-14)17(23)20-12-16-8-5-9-24-16;/h4-10,13H,11-12H2,1-3H3,(H,20,23)(H2,19,21,22);1H. The van der Waals surface area contributed by atoms with Crippen LogP contribution >= 0.6 is 24.0 Å². The molecule has 2 aromatic rings. The van der Waals surface area contributed by atoms with Crippen LogP contribution in [-0.2, 0) is 13.1 Å². The van der Waals surface area contributed by atoms with Crippen molar-refractivity contribution in [2.75, 3.05) is 7.05 Å². The van der Waals surface area contributed by atoms with E-state index in [0.29, 0.717) is 24.7 Å². The van der Waals surface area contributed by atoms with Gasteiger partial charge in [0.15, 0.2) is 5.96 Å². The Bertz CT molecular complexity index is 684. The lowest BCUT2D eigenvalue weighted by molar-refractivity contribution is 0.0948. The molecule has 0 aliphatic rings. The first-order chi connectivity index (χ1) is 11.6. The third-order valence-corrected chi connectivity index (χ3v) is 3.30. The maximum Gasteiger partial charge on any atom is 0.251 e. The van der Waals surface area contributed by atoms with E-state index in [1.54, 1.807) is 25.4 Å². The number of hydrogen-bond donors (Lipinski definition) is 3.